The standard InChI is InChI=1S/C26H22FNO3S/c1-15(29)25(16(2)30)20(17-10-12-18(27)13-11-17)14-22(31)19-6-5-9-24-26(19)28-21-7-3-4-8-23(21)32-24/h3-13,20,25,28H,14H2,1-2H3. The summed E-state index contributed by atoms with van der Waals surface area (Å²) < 4.78 is 13.5. The van der Waals surface area contributed by atoms with Crippen molar-refractivity contribution < 1.29 is 18.8 Å². The van der Waals surface area contributed by atoms with E-state index in [-0.39, 0.29) is 23.8 Å². The molecule has 1 atom stereocenters. The smallest absolute Gasteiger partial charge is 0.165 e. The second-order valence-electron chi connectivity index (χ2n) is 7.89. The number of benzene rings is 3. The molecule has 4 nitrogen and oxygen atoms in total. The molecule has 0 saturated carbocycles. The minimum absolute atomic E-state index is 0.0418. The van der Waals surface area contributed by atoms with Gasteiger partial charge in [0.1, 0.15) is 17.4 Å². The molecule has 1 aliphatic rings. The Kier molecular flexibility index (Phi) is 6.24. The summed E-state index contributed by atoms with van der Waals surface area (Å²) in [5.41, 5.74) is 2.74. The lowest BCUT2D eigenvalue weighted by Gasteiger charge is -2.26. The average Bonchev–Trinajstić information content (AvgIpc) is 2.76. The first-order valence-electron chi connectivity index (χ1n) is 10.3. The van der Waals surface area contributed by atoms with E-state index in [9.17, 15) is 18.8 Å². The summed E-state index contributed by atoms with van der Waals surface area (Å²) in [4.78, 5) is 40.2. The van der Waals surface area contributed by atoms with Crippen molar-refractivity contribution in [1.29, 1.82) is 0 Å². The molecule has 0 amide bonds. The van der Waals surface area contributed by atoms with Gasteiger partial charge in [-0.05, 0) is 55.8 Å². The van der Waals surface area contributed by atoms with Gasteiger partial charge in [-0.1, -0.05) is 42.1 Å². The van der Waals surface area contributed by atoms with E-state index in [1.807, 2.05) is 36.4 Å². The summed E-state index contributed by atoms with van der Waals surface area (Å²) >= 11 is 1.58. The molecule has 0 aliphatic carbocycles. The minimum Gasteiger partial charge on any atom is -0.353 e. The van der Waals surface area contributed by atoms with E-state index in [2.05, 4.69) is 5.32 Å². The summed E-state index contributed by atoms with van der Waals surface area (Å²) in [5, 5.41) is 3.36. The third kappa shape index (κ3) is 4.36. The average molecular weight is 448 g/mol. The topological polar surface area (TPSA) is 63.2 Å². The normalized spacial score (nSPS) is 13.0. The number of halogens is 1. The van der Waals surface area contributed by atoms with Crippen molar-refractivity contribution in [2.45, 2.75) is 36.0 Å². The highest BCUT2D eigenvalue weighted by atomic mass is 32.2. The van der Waals surface area contributed by atoms with Crippen LogP contribution in [0.2, 0.25) is 0 Å². The number of carbonyl (C=O) groups excluding carboxylic acids is 3. The molecule has 32 heavy (non-hydrogen) atoms. The molecular formula is C26H22FNO3S. The Balaban J connectivity index is 1.70. The zero-order valence-corrected chi connectivity index (χ0v) is 18.5. The lowest BCUT2D eigenvalue weighted by atomic mass is 9.77. The summed E-state index contributed by atoms with van der Waals surface area (Å²) in [6.45, 7) is 2.71. The van der Waals surface area contributed by atoms with Gasteiger partial charge < -0.3 is 5.32 Å². The highest BCUT2D eigenvalue weighted by Gasteiger charge is 2.34. The quantitative estimate of drug-likeness (QED) is 0.271. The molecule has 0 radical (unpaired) electrons. The Morgan fingerprint density at radius 3 is 2.22 bits per heavy atom. The van der Waals surface area contributed by atoms with Crippen molar-refractivity contribution in [3.8, 4) is 0 Å². The molecule has 0 fully saturated rings. The maximum absolute atomic E-state index is 13.5. The lowest BCUT2D eigenvalue weighted by Crippen LogP contribution is -2.29. The largest absolute Gasteiger partial charge is 0.353 e. The van der Waals surface area contributed by atoms with Gasteiger partial charge in [0, 0.05) is 27.7 Å². The van der Waals surface area contributed by atoms with Crippen LogP contribution in [-0.2, 0) is 9.59 Å². The number of nitrogens with one attached hydrogen (secondary N) is 1. The van der Waals surface area contributed by atoms with E-state index < -0.39 is 17.7 Å². The summed E-state index contributed by atoms with van der Waals surface area (Å²) in [7, 11) is 0. The van der Waals surface area contributed by atoms with Crippen molar-refractivity contribution in [2.24, 2.45) is 5.92 Å². The Hall–Kier alpha value is -3.25. The fraction of sp³-hybridized carbons (Fsp3) is 0.192. The fourth-order valence-electron chi connectivity index (χ4n) is 4.19. The van der Waals surface area contributed by atoms with Crippen LogP contribution in [-0.4, -0.2) is 17.3 Å². The number of rotatable bonds is 7. The Bertz CT molecular complexity index is 1190. The molecule has 3 aromatic carbocycles. The van der Waals surface area contributed by atoms with Crippen molar-refractivity contribution in [3.63, 3.8) is 0 Å². The maximum Gasteiger partial charge on any atom is 0.165 e. The number of ketones is 3. The van der Waals surface area contributed by atoms with Crippen LogP contribution >= 0.6 is 11.8 Å². The van der Waals surface area contributed by atoms with Gasteiger partial charge in [-0.2, -0.15) is 0 Å². The first kappa shape index (κ1) is 22.0. The highest BCUT2D eigenvalue weighted by Crippen LogP contribution is 2.46. The zero-order chi connectivity index (χ0) is 22.8. The third-order valence-electron chi connectivity index (χ3n) is 5.68. The van der Waals surface area contributed by atoms with Gasteiger partial charge in [-0.3, -0.25) is 14.4 Å². The molecule has 0 bridgehead atoms. The number of fused-ring (bicyclic) bond motifs is 2. The Morgan fingerprint density at radius 2 is 1.53 bits per heavy atom. The van der Waals surface area contributed by atoms with Crippen LogP contribution in [0.1, 0.15) is 42.1 Å². The lowest BCUT2D eigenvalue weighted by molar-refractivity contribution is -0.131. The monoisotopic (exact) mass is 447 g/mol. The van der Waals surface area contributed by atoms with E-state index in [0.717, 1.165) is 21.2 Å². The molecule has 4 rings (SSSR count). The molecule has 0 saturated heterocycles. The van der Waals surface area contributed by atoms with E-state index in [4.69, 9.17) is 0 Å². The number of hydrogen-bond acceptors (Lipinski definition) is 5. The zero-order valence-electron chi connectivity index (χ0n) is 17.7. The molecule has 1 heterocycles. The summed E-state index contributed by atoms with van der Waals surface area (Å²) in [6.07, 6.45) is -0.0418. The van der Waals surface area contributed by atoms with Gasteiger partial charge in [0.25, 0.3) is 0 Å². The molecule has 0 spiro atoms. The highest BCUT2D eigenvalue weighted by molar-refractivity contribution is 7.99. The van der Waals surface area contributed by atoms with E-state index in [0.29, 0.717) is 11.1 Å². The number of Topliss-reactive ketones (excluding diaryl/α,β-unsaturated/α-hetero) is 3. The first-order chi connectivity index (χ1) is 15.3. The number of para-hydroxylation sites is 2. The number of hydrogen-bond donors (Lipinski definition) is 1. The van der Waals surface area contributed by atoms with Gasteiger partial charge in [0.05, 0.1) is 17.3 Å². The molecular weight excluding hydrogens is 425 g/mol. The van der Waals surface area contributed by atoms with Crippen LogP contribution < -0.4 is 5.32 Å². The molecule has 0 aromatic heterocycles. The first-order valence-corrected chi connectivity index (χ1v) is 11.1. The van der Waals surface area contributed by atoms with Gasteiger partial charge in [0.2, 0.25) is 0 Å². The van der Waals surface area contributed by atoms with Crippen LogP contribution in [0.15, 0.2) is 76.5 Å². The Labute approximate surface area is 190 Å². The summed E-state index contributed by atoms with van der Waals surface area (Å²) in [5.74, 6) is -2.85. The van der Waals surface area contributed by atoms with Gasteiger partial charge in [-0.15, -0.1) is 0 Å². The van der Waals surface area contributed by atoms with E-state index in [1.165, 1.54) is 38.1 Å². The van der Waals surface area contributed by atoms with E-state index in [1.54, 1.807) is 17.8 Å². The van der Waals surface area contributed by atoms with Crippen molar-refractivity contribution >= 4 is 40.5 Å². The van der Waals surface area contributed by atoms with Crippen LogP contribution in [0.5, 0.6) is 0 Å². The number of anilines is 2. The van der Waals surface area contributed by atoms with Crippen LogP contribution in [0.4, 0.5) is 15.8 Å². The fourth-order valence-corrected chi connectivity index (χ4v) is 5.21. The number of carbonyl (C=O) groups is 3. The second kappa shape index (κ2) is 9.09. The van der Waals surface area contributed by atoms with Gasteiger partial charge in [-0.25, -0.2) is 4.39 Å². The van der Waals surface area contributed by atoms with Crippen LogP contribution in [0, 0.1) is 11.7 Å². The second-order valence-corrected chi connectivity index (χ2v) is 8.97. The molecule has 3 aromatic rings. The molecule has 1 aliphatic heterocycles. The molecule has 162 valence electrons. The van der Waals surface area contributed by atoms with Crippen LogP contribution in [0.3, 0.4) is 0 Å². The summed E-state index contributed by atoms with van der Waals surface area (Å²) in [6, 6.07) is 19.0. The van der Waals surface area contributed by atoms with Crippen molar-refractivity contribution in [1.82, 2.24) is 0 Å². The van der Waals surface area contributed by atoms with E-state index >= 15 is 0 Å². The third-order valence-corrected chi connectivity index (χ3v) is 6.81. The molecule has 6 heteroatoms. The predicted octanol–water partition coefficient (Wildman–Crippen LogP) is 6.18. The maximum atomic E-state index is 13.5. The minimum atomic E-state index is -0.966. The SMILES string of the molecule is CC(=O)C(C(C)=O)C(CC(=O)c1cccc2c1Nc1ccccc1S2)c1ccc(F)cc1. The van der Waals surface area contributed by atoms with Crippen molar-refractivity contribution in [2.75, 3.05) is 5.32 Å². The van der Waals surface area contributed by atoms with Crippen molar-refractivity contribution in [3.05, 3.63) is 83.7 Å². The Morgan fingerprint density at radius 1 is 0.875 bits per heavy atom. The molecule has 1 unspecified atom stereocenters. The molecule has 1 N–H and O–H groups in total. The van der Waals surface area contributed by atoms with Gasteiger partial charge in [0.15, 0.2) is 5.78 Å². The van der Waals surface area contributed by atoms with Crippen LogP contribution in [0.25, 0.3) is 0 Å². The van der Waals surface area contributed by atoms with Gasteiger partial charge >= 0.3 is 0 Å². The predicted molar refractivity (Wildman–Crippen MR) is 123 cm³/mol.